The lowest BCUT2D eigenvalue weighted by Crippen LogP contribution is -2.25. The highest BCUT2D eigenvalue weighted by atomic mass is 16.5. The molecular weight excluding hydrogens is 254 g/mol. The van der Waals surface area contributed by atoms with E-state index in [1.54, 1.807) is 13.3 Å². The summed E-state index contributed by atoms with van der Waals surface area (Å²) in [6.45, 7) is 2.56. The molecule has 0 fully saturated rings. The number of hydrogen-bond donors (Lipinski definition) is 1. The predicted octanol–water partition coefficient (Wildman–Crippen LogP) is 2.10. The number of benzene rings is 1. The molecule has 5 nitrogen and oxygen atoms in total. The van der Waals surface area contributed by atoms with Gasteiger partial charge in [-0.15, -0.1) is 0 Å². The van der Waals surface area contributed by atoms with Crippen LogP contribution in [0, 0.1) is 0 Å². The SMILES string of the molecule is CCCC(=O)NCCc1nncc2ccc(OC)cc12. The number of aromatic nitrogens is 2. The van der Waals surface area contributed by atoms with E-state index in [4.69, 9.17) is 4.74 Å². The molecule has 0 radical (unpaired) electrons. The van der Waals surface area contributed by atoms with Crippen molar-refractivity contribution in [2.75, 3.05) is 13.7 Å². The van der Waals surface area contributed by atoms with E-state index in [1.807, 2.05) is 25.1 Å². The zero-order chi connectivity index (χ0) is 14.4. The highest BCUT2D eigenvalue weighted by Crippen LogP contribution is 2.22. The Hall–Kier alpha value is -2.17. The van der Waals surface area contributed by atoms with Gasteiger partial charge in [-0.2, -0.15) is 10.2 Å². The van der Waals surface area contributed by atoms with Gasteiger partial charge in [0.1, 0.15) is 5.75 Å². The Bertz CT molecular complexity index is 599. The third-order valence-electron chi connectivity index (χ3n) is 3.11. The largest absolute Gasteiger partial charge is 0.497 e. The van der Waals surface area contributed by atoms with Crippen LogP contribution in [0.25, 0.3) is 10.8 Å². The first-order chi connectivity index (χ1) is 9.74. The first-order valence-corrected chi connectivity index (χ1v) is 6.79. The van der Waals surface area contributed by atoms with E-state index in [0.29, 0.717) is 19.4 Å². The van der Waals surface area contributed by atoms with Crippen molar-refractivity contribution in [3.8, 4) is 5.75 Å². The Kier molecular flexibility index (Phi) is 4.87. The van der Waals surface area contributed by atoms with Gasteiger partial charge < -0.3 is 10.1 Å². The number of ether oxygens (including phenoxy) is 1. The average Bonchev–Trinajstić information content (AvgIpc) is 2.47. The molecular formula is C15H19N3O2. The van der Waals surface area contributed by atoms with Crippen molar-refractivity contribution in [1.82, 2.24) is 15.5 Å². The van der Waals surface area contributed by atoms with Crippen molar-refractivity contribution in [3.63, 3.8) is 0 Å². The average molecular weight is 273 g/mol. The fourth-order valence-electron chi connectivity index (χ4n) is 2.06. The summed E-state index contributed by atoms with van der Waals surface area (Å²) in [5.74, 6) is 0.875. The molecule has 1 heterocycles. The van der Waals surface area contributed by atoms with Gasteiger partial charge in [0.25, 0.3) is 0 Å². The number of nitrogens with zero attached hydrogens (tertiary/aromatic N) is 2. The lowest BCUT2D eigenvalue weighted by atomic mass is 10.1. The molecule has 0 bridgehead atoms. The molecule has 5 heteroatoms. The van der Waals surface area contributed by atoms with Crippen molar-refractivity contribution in [3.05, 3.63) is 30.1 Å². The summed E-state index contributed by atoms with van der Waals surface area (Å²) in [4.78, 5) is 11.4. The van der Waals surface area contributed by atoms with E-state index >= 15 is 0 Å². The van der Waals surface area contributed by atoms with Crippen LogP contribution in [0.4, 0.5) is 0 Å². The minimum atomic E-state index is 0.0817. The fraction of sp³-hybridized carbons (Fsp3) is 0.400. The van der Waals surface area contributed by atoms with Crippen molar-refractivity contribution >= 4 is 16.7 Å². The minimum absolute atomic E-state index is 0.0817. The van der Waals surface area contributed by atoms with E-state index < -0.39 is 0 Å². The van der Waals surface area contributed by atoms with Crippen molar-refractivity contribution in [2.45, 2.75) is 26.2 Å². The number of rotatable bonds is 6. The monoisotopic (exact) mass is 273 g/mol. The molecule has 0 spiro atoms. The number of carbonyl (C=O) groups is 1. The molecule has 0 aliphatic carbocycles. The smallest absolute Gasteiger partial charge is 0.219 e. The van der Waals surface area contributed by atoms with Gasteiger partial charge in [-0.1, -0.05) is 6.92 Å². The van der Waals surface area contributed by atoms with Gasteiger partial charge >= 0.3 is 0 Å². The van der Waals surface area contributed by atoms with E-state index in [9.17, 15) is 4.79 Å². The normalized spacial score (nSPS) is 10.5. The van der Waals surface area contributed by atoms with E-state index in [0.717, 1.165) is 28.6 Å². The van der Waals surface area contributed by atoms with Gasteiger partial charge in [0.15, 0.2) is 0 Å². The molecule has 1 N–H and O–H groups in total. The maximum Gasteiger partial charge on any atom is 0.219 e. The van der Waals surface area contributed by atoms with Crippen LogP contribution in [0.15, 0.2) is 24.4 Å². The summed E-state index contributed by atoms with van der Waals surface area (Å²) in [7, 11) is 1.64. The second kappa shape index (κ2) is 6.84. The highest BCUT2D eigenvalue weighted by molar-refractivity contribution is 5.85. The van der Waals surface area contributed by atoms with E-state index in [1.165, 1.54) is 0 Å². The second-order valence-electron chi connectivity index (χ2n) is 4.59. The van der Waals surface area contributed by atoms with Crippen LogP contribution in [-0.2, 0) is 11.2 Å². The maximum atomic E-state index is 11.4. The predicted molar refractivity (Wildman–Crippen MR) is 77.7 cm³/mol. The quantitative estimate of drug-likeness (QED) is 0.875. The molecule has 0 atom stereocenters. The Labute approximate surface area is 118 Å². The van der Waals surface area contributed by atoms with Crippen LogP contribution in [0.2, 0.25) is 0 Å². The fourth-order valence-corrected chi connectivity index (χ4v) is 2.06. The molecule has 0 aliphatic rings. The van der Waals surface area contributed by atoms with Gasteiger partial charge in [-0.25, -0.2) is 0 Å². The van der Waals surface area contributed by atoms with Crippen LogP contribution >= 0.6 is 0 Å². The molecule has 1 amide bonds. The molecule has 0 unspecified atom stereocenters. The topological polar surface area (TPSA) is 64.1 Å². The Morgan fingerprint density at radius 2 is 2.25 bits per heavy atom. The summed E-state index contributed by atoms with van der Waals surface area (Å²) in [6, 6.07) is 5.81. The molecule has 2 rings (SSSR count). The standard InChI is InChI=1S/C15H19N3O2/c1-3-4-15(19)16-8-7-14-13-9-12(20-2)6-5-11(13)10-17-18-14/h5-6,9-10H,3-4,7-8H2,1-2H3,(H,16,19). The van der Waals surface area contributed by atoms with Gasteiger partial charge in [0.2, 0.25) is 5.91 Å². The number of hydrogen-bond acceptors (Lipinski definition) is 4. The molecule has 0 aliphatic heterocycles. The number of methoxy groups -OCH3 is 1. The lowest BCUT2D eigenvalue weighted by Gasteiger charge is -2.07. The summed E-state index contributed by atoms with van der Waals surface area (Å²) < 4.78 is 5.23. The molecule has 20 heavy (non-hydrogen) atoms. The first-order valence-electron chi connectivity index (χ1n) is 6.79. The Morgan fingerprint density at radius 3 is 3.00 bits per heavy atom. The molecule has 0 saturated heterocycles. The molecule has 1 aromatic heterocycles. The van der Waals surface area contributed by atoms with Crippen LogP contribution in [0.1, 0.15) is 25.5 Å². The van der Waals surface area contributed by atoms with Gasteiger partial charge in [0, 0.05) is 30.2 Å². The van der Waals surface area contributed by atoms with Gasteiger partial charge in [-0.05, 0) is 24.6 Å². The van der Waals surface area contributed by atoms with Gasteiger partial charge in [0.05, 0.1) is 19.0 Å². The van der Waals surface area contributed by atoms with E-state index in [2.05, 4.69) is 15.5 Å². The van der Waals surface area contributed by atoms with Gasteiger partial charge in [-0.3, -0.25) is 4.79 Å². The van der Waals surface area contributed by atoms with E-state index in [-0.39, 0.29) is 5.91 Å². The third kappa shape index (κ3) is 3.44. The number of nitrogens with one attached hydrogen (secondary N) is 1. The molecule has 106 valence electrons. The van der Waals surface area contributed by atoms with Crippen LogP contribution < -0.4 is 10.1 Å². The Morgan fingerprint density at radius 1 is 1.40 bits per heavy atom. The number of carbonyl (C=O) groups excluding carboxylic acids is 1. The lowest BCUT2D eigenvalue weighted by molar-refractivity contribution is -0.121. The summed E-state index contributed by atoms with van der Waals surface area (Å²) in [5.41, 5.74) is 0.873. The zero-order valence-corrected chi connectivity index (χ0v) is 11.8. The maximum absolute atomic E-state index is 11.4. The summed E-state index contributed by atoms with van der Waals surface area (Å²) in [6.07, 6.45) is 3.81. The third-order valence-corrected chi connectivity index (χ3v) is 3.11. The zero-order valence-electron chi connectivity index (χ0n) is 11.8. The second-order valence-corrected chi connectivity index (χ2v) is 4.59. The number of amides is 1. The molecule has 1 aromatic carbocycles. The molecule has 0 saturated carbocycles. The first kappa shape index (κ1) is 14.2. The summed E-state index contributed by atoms with van der Waals surface area (Å²) in [5, 5.41) is 13.1. The number of fused-ring (bicyclic) bond motifs is 1. The minimum Gasteiger partial charge on any atom is -0.497 e. The van der Waals surface area contributed by atoms with Crippen molar-refractivity contribution < 1.29 is 9.53 Å². The summed E-state index contributed by atoms with van der Waals surface area (Å²) >= 11 is 0. The Balaban J connectivity index is 2.11. The molecule has 2 aromatic rings. The highest BCUT2D eigenvalue weighted by Gasteiger charge is 2.06. The van der Waals surface area contributed by atoms with Crippen LogP contribution in [0.5, 0.6) is 5.75 Å². The van der Waals surface area contributed by atoms with Crippen molar-refractivity contribution in [2.24, 2.45) is 0 Å². The van der Waals surface area contributed by atoms with Crippen molar-refractivity contribution in [1.29, 1.82) is 0 Å². The van der Waals surface area contributed by atoms with Crippen LogP contribution in [-0.4, -0.2) is 29.8 Å². The van der Waals surface area contributed by atoms with Crippen LogP contribution in [0.3, 0.4) is 0 Å².